The van der Waals surface area contributed by atoms with Crippen molar-refractivity contribution in [2.75, 3.05) is 37.1 Å². The number of pyridine rings is 2. The van der Waals surface area contributed by atoms with E-state index < -0.39 is 35.7 Å². The number of aromatic carboxylic acids is 1. The number of hydrogen-bond donors (Lipinski definition) is 3. The fraction of sp³-hybridized carbons (Fsp3) is 0.222. The lowest BCUT2D eigenvalue weighted by Gasteiger charge is -2.23. The molecule has 4 aromatic carbocycles. The van der Waals surface area contributed by atoms with Gasteiger partial charge in [0, 0.05) is 73.5 Å². The number of aromatic nitrogens is 6. The third-order valence-corrected chi connectivity index (χ3v) is 11.9. The third-order valence-electron chi connectivity index (χ3n) is 11.9. The molecule has 0 radical (unpaired) electrons. The SMILES string of the molecule is C.C.CN1C(=O)[C@@H](NC(=O)OC(C)(C)C)COc2ccc(C#Cc3cccnc3)cc21.CN1C(=O)[C@@H](NC(=O)c2cnn(Cc3ccccc3)c2)COc2ccc(C#Cc3cccnc3)cc21.O=C(O)c1cnn(Cc2ccccc2)c1. The number of fused-ring (bicyclic) bond motifs is 2. The molecule has 10 rings (SSSR count). The molecule has 19 nitrogen and oxygen atoms in total. The van der Waals surface area contributed by atoms with E-state index in [4.69, 9.17) is 19.3 Å². The largest absolute Gasteiger partial charge is 0.489 e. The van der Waals surface area contributed by atoms with Crippen molar-refractivity contribution < 1.29 is 43.3 Å². The highest BCUT2D eigenvalue weighted by Crippen LogP contribution is 2.33. The topological polar surface area (TPSA) is 225 Å². The van der Waals surface area contributed by atoms with Gasteiger partial charge in [0.1, 0.15) is 42.4 Å². The molecule has 4 amide bonds. The predicted molar refractivity (Wildman–Crippen MR) is 312 cm³/mol. The number of carboxylic acids is 1. The molecule has 2 atom stereocenters. The fourth-order valence-electron chi connectivity index (χ4n) is 7.88. The van der Waals surface area contributed by atoms with Crippen LogP contribution in [0.5, 0.6) is 11.5 Å². The fourth-order valence-corrected chi connectivity index (χ4v) is 7.88. The first-order valence-corrected chi connectivity index (χ1v) is 25.1. The van der Waals surface area contributed by atoms with Crippen LogP contribution in [0.15, 0.2) is 171 Å². The Bertz CT molecular complexity index is 3600. The van der Waals surface area contributed by atoms with Crippen LogP contribution in [0.2, 0.25) is 0 Å². The van der Waals surface area contributed by atoms with Crippen LogP contribution in [0.1, 0.15) is 89.7 Å². The van der Waals surface area contributed by atoms with E-state index in [9.17, 15) is 24.0 Å². The quantitative estimate of drug-likeness (QED) is 0.122. The monoisotopic (exact) mass is 1100 g/mol. The summed E-state index contributed by atoms with van der Waals surface area (Å²) < 4.78 is 20.2. The molecule has 0 bridgehead atoms. The summed E-state index contributed by atoms with van der Waals surface area (Å²) in [5, 5.41) is 22.3. The Morgan fingerprint density at radius 2 is 1.04 bits per heavy atom. The van der Waals surface area contributed by atoms with Gasteiger partial charge in [-0.1, -0.05) is 99.2 Å². The van der Waals surface area contributed by atoms with Gasteiger partial charge in [0.2, 0.25) is 0 Å². The van der Waals surface area contributed by atoms with Gasteiger partial charge in [-0.15, -0.1) is 0 Å². The van der Waals surface area contributed by atoms with E-state index in [-0.39, 0.29) is 45.4 Å². The second-order valence-corrected chi connectivity index (χ2v) is 19.1. The number of amides is 4. The Balaban J connectivity index is 0.000000210. The van der Waals surface area contributed by atoms with E-state index in [1.54, 1.807) is 99.5 Å². The van der Waals surface area contributed by atoms with Crippen LogP contribution in [0.3, 0.4) is 0 Å². The Kier molecular flexibility index (Phi) is 21.0. The second-order valence-electron chi connectivity index (χ2n) is 19.1. The smallest absolute Gasteiger partial charge is 0.408 e. The molecule has 0 aliphatic carbocycles. The van der Waals surface area contributed by atoms with Crippen LogP contribution in [-0.2, 0) is 27.4 Å². The molecule has 3 N–H and O–H groups in total. The zero-order valence-electron chi connectivity index (χ0n) is 44.4. The summed E-state index contributed by atoms with van der Waals surface area (Å²) in [5.74, 6) is 11.4. The average molecular weight is 1110 g/mol. The van der Waals surface area contributed by atoms with E-state index >= 15 is 0 Å². The Morgan fingerprint density at radius 1 is 0.598 bits per heavy atom. The van der Waals surface area contributed by atoms with E-state index in [0.717, 1.165) is 33.4 Å². The number of nitrogens with zero attached hydrogens (tertiary/aromatic N) is 8. The maximum Gasteiger partial charge on any atom is 0.408 e. The number of carbonyl (C=O) groups is 5. The molecule has 4 aromatic heterocycles. The number of anilines is 2. The lowest BCUT2D eigenvalue weighted by atomic mass is 10.1. The van der Waals surface area contributed by atoms with E-state index in [1.807, 2.05) is 97.1 Å². The van der Waals surface area contributed by atoms with E-state index in [1.165, 1.54) is 28.4 Å². The highest BCUT2D eigenvalue weighted by Gasteiger charge is 2.33. The van der Waals surface area contributed by atoms with Crippen LogP contribution in [0.4, 0.5) is 16.2 Å². The summed E-state index contributed by atoms with van der Waals surface area (Å²) in [5.41, 5.74) is 6.32. The minimum Gasteiger partial charge on any atom is -0.489 e. The van der Waals surface area contributed by atoms with Crippen molar-refractivity contribution in [3.8, 4) is 35.2 Å². The molecule has 19 heteroatoms. The molecule has 2 aliphatic heterocycles. The molecule has 0 spiro atoms. The first-order valence-electron chi connectivity index (χ1n) is 25.1. The number of ether oxygens (including phenoxy) is 3. The summed E-state index contributed by atoms with van der Waals surface area (Å²) >= 11 is 0. The zero-order valence-corrected chi connectivity index (χ0v) is 44.4. The van der Waals surface area contributed by atoms with Crippen molar-refractivity contribution in [1.29, 1.82) is 0 Å². The molecular formula is C63H64N10O9. The Hall–Kier alpha value is -10.5. The van der Waals surface area contributed by atoms with Crippen molar-refractivity contribution in [3.63, 3.8) is 0 Å². The Morgan fingerprint density at radius 3 is 1.46 bits per heavy atom. The highest BCUT2D eigenvalue weighted by molar-refractivity contribution is 6.03. The van der Waals surface area contributed by atoms with Gasteiger partial charge < -0.3 is 39.8 Å². The minimum absolute atomic E-state index is 0. The van der Waals surface area contributed by atoms with Crippen molar-refractivity contribution in [2.24, 2.45) is 0 Å². The van der Waals surface area contributed by atoms with Gasteiger partial charge in [0.05, 0.1) is 48.0 Å². The molecular weight excluding hydrogens is 1040 g/mol. The highest BCUT2D eigenvalue weighted by atomic mass is 16.6. The van der Waals surface area contributed by atoms with Crippen molar-refractivity contribution in [3.05, 3.63) is 215 Å². The second kappa shape index (κ2) is 28.4. The molecule has 82 heavy (non-hydrogen) atoms. The minimum atomic E-state index is -0.950. The van der Waals surface area contributed by atoms with Gasteiger partial charge in [-0.25, -0.2) is 9.59 Å². The van der Waals surface area contributed by atoms with Crippen LogP contribution >= 0.6 is 0 Å². The van der Waals surface area contributed by atoms with Crippen LogP contribution in [0, 0.1) is 23.7 Å². The number of likely N-dealkylation sites (N-methyl/N-ethyl adjacent to an activating group) is 2. The normalized spacial score (nSPS) is 13.9. The van der Waals surface area contributed by atoms with Gasteiger partial charge >= 0.3 is 12.1 Å². The lowest BCUT2D eigenvalue weighted by Crippen LogP contribution is -2.50. The molecule has 420 valence electrons. The summed E-state index contributed by atoms with van der Waals surface area (Å²) in [4.78, 5) is 72.6. The van der Waals surface area contributed by atoms with Crippen molar-refractivity contribution >= 4 is 41.2 Å². The summed E-state index contributed by atoms with van der Waals surface area (Å²) in [6, 6.07) is 36.1. The number of nitrogens with one attached hydrogen (secondary N) is 2. The molecule has 0 saturated carbocycles. The van der Waals surface area contributed by atoms with Gasteiger partial charge in [0.15, 0.2) is 0 Å². The van der Waals surface area contributed by atoms with E-state index in [2.05, 4.69) is 54.5 Å². The van der Waals surface area contributed by atoms with Gasteiger partial charge in [0.25, 0.3) is 17.7 Å². The van der Waals surface area contributed by atoms with Crippen LogP contribution in [0.25, 0.3) is 0 Å². The average Bonchev–Trinajstić information content (AvgIpc) is 4.11. The number of benzene rings is 4. The number of hydrogen-bond acceptors (Lipinski definition) is 12. The number of carbonyl (C=O) groups excluding carboxylic acids is 4. The molecule has 0 unspecified atom stereocenters. The maximum atomic E-state index is 13.2. The molecule has 6 heterocycles. The maximum absolute atomic E-state index is 13.2. The van der Waals surface area contributed by atoms with E-state index in [0.29, 0.717) is 41.5 Å². The molecule has 8 aromatic rings. The summed E-state index contributed by atoms with van der Waals surface area (Å²) in [6.07, 6.45) is 12.1. The standard InChI is InChI=1S/C28H23N5O3.C22H23N3O4.C11H10N2O2.2CH4/c1-32-25-14-20(9-10-21-8-5-13-29-15-21)11-12-26(25)36-19-24(28(32)35)31-27(34)23-16-30-33(18-23)17-22-6-3-2-4-7-22;1-22(2,3)29-21(27)24-17-14-28-19-10-9-15(12-18(19)25(4)20(17)26)7-8-16-6-5-11-23-13-16;14-11(15)10-6-12-13(8-10)7-9-4-2-1-3-5-9;;/h2-8,11-16,18,24H,17,19H2,1H3,(H,31,34);5-6,9-13,17H,14H2,1-4H3,(H,24,27);1-6,8H,7H2,(H,14,15);2*1H4/t24-;17-;;;/m00.../s1. The van der Waals surface area contributed by atoms with Gasteiger partial charge in [-0.05, 0) is 92.6 Å². The van der Waals surface area contributed by atoms with Crippen molar-refractivity contribution in [1.82, 2.24) is 40.2 Å². The summed E-state index contributed by atoms with van der Waals surface area (Å²) in [6.45, 7) is 6.44. The molecule has 0 fully saturated rings. The van der Waals surface area contributed by atoms with Crippen LogP contribution in [-0.4, -0.2) is 109 Å². The first kappa shape index (κ1) is 60.7. The van der Waals surface area contributed by atoms with Gasteiger partial charge in [-0.3, -0.25) is 33.7 Å². The number of alkyl carbamates (subject to hydrolysis) is 1. The van der Waals surface area contributed by atoms with Crippen molar-refractivity contribution in [2.45, 2.75) is 66.4 Å². The molecule has 2 aliphatic rings. The van der Waals surface area contributed by atoms with Crippen LogP contribution < -0.4 is 29.9 Å². The Labute approximate surface area is 476 Å². The third kappa shape index (κ3) is 17.0. The summed E-state index contributed by atoms with van der Waals surface area (Å²) in [7, 11) is 3.29. The zero-order chi connectivity index (χ0) is 56.6. The number of carboxylic acid groups (broad SMARTS) is 1. The first-order chi connectivity index (χ1) is 38.5. The lowest BCUT2D eigenvalue weighted by molar-refractivity contribution is -0.121. The predicted octanol–water partition coefficient (Wildman–Crippen LogP) is 8.51. The molecule has 0 saturated heterocycles. The number of rotatable bonds is 8. The van der Waals surface area contributed by atoms with Gasteiger partial charge in [-0.2, -0.15) is 10.2 Å².